The standard InChI is InChI=1S/C8H11N5O.2ClH/c1-5(2-9)8-12-7(13-14-8)6-3-10-11-4-6;;/h3-5H,2,9H2,1H3,(H,10,11);2*1H/t5-;;/m1../s1. The molecule has 1 atom stereocenters. The molecule has 90 valence electrons. The maximum atomic E-state index is 5.49. The number of nitrogens with zero attached hydrogens (tertiary/aromatic N) is 3. The number of H-pyrrole nitrogens is 1. The number of aromatic amines is 1. The third-order valence-corrected chi connectivity index (χ3v) is 1.97. The highest BCUT2D eigenvalue weighted by Gasteiger charge is 2.13. The average Bonchev–Trinajstić information content (AvgIpc) is 2.86. The zero-order chi connectivity index (χ0) is 9.97. The Hall–Kier alpha value is -1.11. The van der Waals surface area contributed by atoms with Crippen molar-refractivity contribution >= 4 is 24.8 Å². The zero-order valence-corrected chi connectivity index (χ0v) is 10.2. The number of halogens is 2. The van der Waals surface area contributed by atoms with Crippen LogP contribution in [0.3, 0.4) is 0 Å². The fraction of sp³-hybridized carbons (Fsp3) is 0.375. The van der Waals surface area contributed by atoms with E-state index in [1.807, 2.05) is 6.92 Å². The molecule has 0 radical (unpaired) electrons. The Morgan fingerprint density at radius 2 is 2.25 bits per heavy atom. The summed E-state index contributed by atoms with van der Waals surface area (Å²) in [6.07, 6.45) is 3.35. The van der Waals surface area contributed by atoms with Crippen LogP contribution >= 0.6 is 24.8 Å². The van der Waals surface area contributed by atoms with Crippen LogP contribution in [-0.2, 0) is 0 Å². The molecule has 6 nitrogen and oxygen atoms in total. The van der Waals surface area contributed by atoms with Gasteiger partial charge in [0, 0.05) is 18.7 Å². The topological polar surface area (TPSA) is 93.6 Å². The van der Waals surface area contributed by atoms with Crippen molar-refractivity contribution in [2.24, 2.45) is 5.73 Å². The molecule has 0 fully saturated rings. The minimum absolute atomic E-state index is 0. The Bertz CT molecular complexity index is 402. The van der Waals surface area contributed by atoms with Crippen molar-refractivity contribution < 1.29 is 4.52 Å². The largest absolute Gasteiger partial charge is 0.339 e. The van der Waals surface area contributed by atoms with Crippen molar-refractivity contribution in [3.05, 3.63) is 18.3 Å². The van der Waals surface area contributed by atoms with Crippen LogP contribution < -0.4 is 5.73 Å². The van der Waals surface area contributed by atoms with Gasteiger partial charge in [0.15, 0.2) is 0 Å². The summed E-state index contributed by atoms with van der Waals surface area (Å²) in [5.41, 5.74) is 6.30. The first kappa shape index (κ1) is 14.9. The van der Waals surface area contributed by atoms with Crippen LogP contribution in [0.4, 0.5) is 0 Å². The number of hydrogen-bond acceptors (Lipinski definition) is 5. The van der Waals surface area contributed by atoms with Gasteiger partial charge in [0.2, 0.25) is 11.7 Å². The Balaban J connectivity index is 0.00000112. The van der Waals surface area contributed by atoms with Gasteiger partial charge in [-0.1, -0.05) is 12.1 Å². The van der Waals surface area contributed by atoms with Gasteiger partial charge >= 0.3 is 0 Å². The second-order valence-corrected chi connectivity index (χ2v) is 3.08. The van der Waals surface area contributed by atoms with Crippen LogP contribution in [0.2, 0.25) is 0 Å². The van der Waals surface area contributed by atoms with E-state index in [0.29, 0.717) is 18.3 Å². The van der Waals surface area contributed by atoms with Crippen LogP contribution in [0.1, 0.15) is 18.7 Å². The maximum Gasteiger partial charge on any atom is 0.231 e. The summed E-state index contributed by atoms with van der Waals surface area (Å²) in [5, 5.41) is 10.3. The number of nitrogens with two attached hydrogens (primary N) is 1. The van der Waals surface area contributed by atoms with Gasteiger partial charge in [-0.05, 0) is 0 Å². The third kappa shape index (κ3) is 2.94. The Labute approximate surface area is 105 Å². The highest BCUT2D eigenvalue weighted by Crippen LogP contribution is 2.17. The van der Waals surface area contributed by atoms with Crippen molar-refractivity contribution in [1.29, 1.82) is 0 Å². The fourth-order valence-corrected chi connectivity index (χ4v) is 1.03. The number of aromatic nitrogens is 4. The fourth-order valence-electron chi connectivity index (χ4n) is 1.03. The lowest BCUT2D eigenvalue weighted by atomic mass is 10.2. The maximum absolute atomic E-state index is 5.49. The summed E-state index contributed by atoms with van der Waals surface area (Å²) in [7, 11) is 0. The van der Waals surface area contributed by atoms with E-state index in [0.717, 1.165) is 5.56 Å². The first-order valence-corrected chi connectivity index (χ1v) is 4.34. The Kier molecular flexibility index (Phi) is 6.02. The van der Waals surface area contributed by atoms with E-state index in [1.54, 1.807) is 12.4 Å². The lowest BCUT2D eigenvalue weighted by Crippen LogP contribution is -2.08. The Morgan fingerprint density at radius 3 is 2.81 bits per heavy atom. The first-order valence-electron chi connectivity index (χ1n) is 4.34. The van der Waals surface area contributed by atoms with Crippen LogP contribution in [0.25, 0.3) is 11.4 Å². The summed E-state index contributed by atoms with van der Waals surface area (Å²) >= 11 is 0. The molecular weight excluding hydrogens is 253 g/mol. The molecule has 0 aromatic carbocycles. The van der Waals surface area contributed by atoms with Gasteiger partial charge < -0.3 is 10.3 Å². The average molecular weight is 266 g/mol. The highest BCUT2D eigenvalue weighted by molar-refractivity contribution is 5.85. The molecule has 0 saturated heterocycles. The number of hydrogen-bond donors (Lipinski definition) is 2. The van der Waals surface area contributed by atoms with Gasteiger partial charge in [-0.2, -0.15) is 10.1 Å². The molecule has 16 heavy (non-hydrogen) atoms. The molecule has 0 bridgehead atoms. The molecule has 0 spiro atoms. The van der Waals surface area contributed by atoms with Crippen LogP contribution in [0.15, 0.2) is 16.9 Å². The van der Waals surface area contributed by atoms with E-state index in [-0.39, 0.29) is 30.7 Å². The molecule has 0 saturated carbocycles. The summed E-state index contributed by atoms with van der Waals surface area (Å²) in [6.45, 7) is 2.43. The smallest absolute Gasteiger partial charge is 0.231 e. The molecule has 2 aromatic heterocycles. The molecule has 0 aliphatic rings. The van der Waals surface area contributed by atoms with E-state index >= 15 is 0 Å². The van der Waals surface area contributed by atoms with Crippen molar-refractivity contribution in [1.82, 2.24) is 20.3 Å². The van der Waals surface area contributed by atoms with Gasteiger partial charge in [-0.3, -0.25) is 5.10 Å². The predicted molar refractivity (Wildman–Crippen MR) is 63.8 cm³/mol. The predicted octanol–water partition coefficient (Wildman–Crippen LogP) is 1.37. The van der Waals surface area contributed by atoms with E-state index < -0.39 is 0 Å². The third-order valence-electron chi connectivity index (χ3n) is 1.97. The second kappa shape index (κ2) is 6.47. The van der Waals surface area contributed by atoms with E-state index in [9.17, 15) is 0 Å². The summed E-state index contributed by atoms with van der Waals surface area (Å²) in [5.74, 6) is 1.18. The molecule has 0 aliphatic heterocycles. The highest BCUT2D eigenvalue weighted by atomic mass is 35.5. The monoisotopic (exact) mass is 265 g/mol. The van der Waals surface area contributed by atoms with Crippen LogP contribution in [0.5, 0.6) is 0 Å². The van der Waals surface area contributed by atoms with E-state index in [4.69, 9.17) is 10.3 Å². The normalized spacial score (nSPS) is 11.4. The van der Waals surface area contributed by atoms with Crippen molar-refractivity contribution in [2.45, 2.75) is 12.8 Å². The lowest BCUT2D eigenvalue weighted by molar-refractivity contribution is 0.361. The molecule has 0 amide bonds. The van der Waals surface area contributed by atoms with Crippen molar-refractivity contribution in [3.8, 4) is 11.4 Å². The van der Waals surface area contributed by atoms with Crippen molar-refractivity contribution in [3.63, 3.8) is 0 Å². The quantitative estimate of drug-likeness (QED) is 0.874. The molecule has 0 unspecified atom stereocenters. The minimum atomic E-state index is 0. The SMILES string of the molecule is C[C@H](CN)c1nc(-c2cn[nH]c2)no1.Cl.Cl. The molecule has 2 rings (SSSR count). The minimum Gasteiger partial charge on any atom is -0.339 e. The van der Waals surface area contributed by atoms with Crippen LogP contribution in [0, 0.1) is 0 Å². The van der Waals surface area contributed by atoms with Gasteiger partial charge in [-0.25, -0.2) is 0 Å². The molecule has 2 aromatic rings. The summed E-state index contributed by atoms with van der Waals surface area (Å²) in [4.78, 5) is 4.21. The molecule has 0 aliphatic carbocycles. The molecular formula is C8H13Cl2N5O. The summed E-state index contributed by atoms with van der Waals surface area (Å²) in [6, 6.07) is 0. The van der Waals surface area contributed by atoms with Gasteiger partial charge in [0.05, 0.1) is 11.8 Å². The summed E-state index contributed by atoms with van der Waals surface area (Å²) < 4.78 is 5.06. The Morgan fingerprint density at radius 1 is 1.50 bits per heavy atom. The number of nitrogens with one attached hydrogen (secondary N) is 1. The first-order chi connectivity index (χ1) is 6.81. The van der Waals surface area contributed by atoms with E-state index in [2.05, 4.69) is 20.3 Å². The molecule has 8 heteroatoms. The van der Waals surface area contributed by atoms with Gasteiger partial charge in [0.1, 0.15) is 0 Å². The van der Waals surface area contributed by atoms with E-state index in [1.165, 1.54) is 0 Å². The molecule has 2 heterocycles. The second-order valence-electron chi connectivity index (χ2n) is 3.08. The zero-order valence-electron chi connectivity index (χ0n) is 8.58. The lowest BCUT2D eigenvalue weighted by Gasteiger charge is -1.98. The van der Waals surface area contributed by atoms with Gasteiger partial charge in [-0.15, -0.1) is 24.8 Å². The van der Waals surface area contributed by atoms with Crippen LogP contribution in [-0.4, -0.2) is 26.9 Å². The van der Waals surface area contributed by atoms with Crippen molar-refractivity contribution in [2.75, 3.05) is 6.54 Å². The number of rotatable bonds is 3. The molecule has 3 N–H and O–H groups in total. The van der Waals surface area contributed by atoms with Gasteiger partial charge in [0.25, 0.3) is 0 Å².